The maximum atomic E-state index is 12.7. The van der Waals surface area contributed by atoms with Crippen molar-refractivity contribution in [3.8, 4) is 11.5 Å². The predicted molar refractivity (Wildman–Crippen MR) is 98.9 cm³/mol. The van der Waals surface area contributed by atoms with Crippen LogP contribution in [0.5, 0.6) is 11.5 Å². The molecule has 0 fully saturated rings. The van der Waals surface area contributed by atoms with Crippen molar-refractivity contribution >= 4 is 40.5 Å². The zero-order valence-corrected chi connectivity index (χ0v) is 15.5. The molecule has 0 aliphatic carbocycles. The second-order valence-electron chi connectivity index (χ2n) is 5.21. The van der Waals surface area contributed by atoms with E-state index in [-0.39, 0.29) is 27.1 Å². The Morgan fingerprint density at radius 3 is 2.46 bits per heavy atom. The van der Waals surface area contributed by atoms with Gasteiger partial charge in [0.1, 0.15) is 16.5 Å². The van der Waals surface area contributed by atoms with Gasteiger partial charge in [-0.2, -0.15) is 13.2 Å². The number of rotatable bonds is 4. The van der Waals surface area contributed by atoms with E-state index in [4.69, 9.17) is 28.6 Å². The summed E-state index contributed by atoms with van der Waals surface area (Å²) in [4.78, 5) is 21.6. The number of nitro benzene ring substituents is 1. The maximum Gasteiger partial charge on any atom is 0.416 e. The van der Waals surface area contributed by atoms with E-state index in [1.165, 1.54) is 19.2 Å². The normalized spacial score (nSPS) is 10.9. The number of carbonyl (C=O) groups is 1. The van der Waals surface area contributed by atoms with Gasteiger partial charge in [0.2, 0.25) is 0 Å². The molecule has 2 rings (SSSR count). The van der Waals surface area contributed by atoms with Gasteiger partial charge in [0.15, 0.2) is 0 Å². The molecule has 0 radical (unpaired) electrons. The molecule has 0 saturated heterocycles. The van der Waals surface area contributed by atoms with E-state index in [2.05, 4.69) is 10.6 Å². The number of hydrogen-bond donors (Lipinski definition) is 2. The molecule has 0 aliphatic heterocycles. The molecular formula is C16H11ClF3N3O4S. The minimum absolute atomic E-state index is 0.0170. The molecule has 2 N–H and O–H groups in total. The molecule has 12 heteroatoms. The van der Waals surface area contributed by atoms with Crippen LogP contribution in [0.4, 0.5) is 23.7 Å². The van der Waals surface area contributed by atoms with Gasteiger partial charge >= 0.3 is 12.2 Å². The Bertz CT molecular complexity index is 953. The minimum atomic E-state index is -4.57. The molecule has 0 spiro atoms. The second-order valence-corrected chi connectivity index (χ2v) is 6.03. The third-order valence-corrected chi connectivity index (χ3v) is 3.97. The lowest BCUT2D eigenvalue weighted by atomic mass is 10.1. The Morgan fingerprint density at radius 1 is 1.25 bits per heavy atom. The first kappa shape index (κ1) is 21.4. The summed E-state index contributed by atoms with van der Waals surface area (Å²) >= 11 is 10.8. The zero-order valence-electron chi connectivity index (χ0n) is 14.0. The average Bonchev–Trinajstić information content (AvgIpc) is 2.62. The fourth-order valence-corrected chi connectivity index (χ4v) is 2.51. The number of benzene rings is 2. The van der Waals surface area contributed by atoms with E-state index in [1.54, 1.807) is 0 Å². The number of nitro groups is 1. The van der Waals surface area contributed by atoms with Gasteiger partial charge in [-0.25, -0.2) is 4.79 Å². The molecule has 0 unspecified atom stereocenters. The number of alkyl halides is 3. The summed E-state index contributed by atoms with van der Waals surface area (Å²) in [6.45, 7) is 0. The summed E-state index contributed by atoms with van der Waals surface area (Å²) in [5.41, 5.74) is -1.47. The van der Waals surface area contributed by atoms with Gasteiger partial charge in [-0.05, 0) is 30.3 Å². The Labute approximate surface area is 166 Å². The van der Waals surface area contributed by atoms with Gasteiger partial charge in [0, 0.05) is 13.1 Å². The first-order chi connectivity index (χ1) is 13.0. The highest BCUT2D eigenvalue weighted by Gasteiger charge is 2.31. The quantitative estimate of drug-likeness (QED) is 0.415. The lowest BCUT2D eigenvalue weighted by molar-refractivity contribution is -0.385. The molecular weight excluding hydrogens is 423 g/mol. The van der Waals surface area contributed by atoms with Crippen LogP contribution in [0, 0.1) is 10.1 Å². The van der Waals surface area contributed by atoms with Crippen LogP contribution in [0.3, 0.4) is 0 Å². The van der Waals surface area contributed by atoms with Crippen molar-refractivity contribution in [2.45, 2.75) is 6.18 Å². The Morgan fingerprint density at radius 2 is 1.93 bits per heavy atom. The number of urea groups is 1. The second kappa shape index (κ2) is 8.40. The number of amides is 2. The number of halogens is 4. The van der Waals surface area contributed by atoms with E-state index >= 15 is 0 Å². The summed E-state index contributed by atoms with van der Waals surface area (Å²) in [7, 11) is 1.33. The molecule has 0 aromatic heterocycles. The van der Waals surface area contributed by atoms with Gasteiger partial charge in [0.25, 0.3) is 5.69 Å². The Kier molecular flexibility index (Phi) is 6.41. The van der Waals surface area contributed by atoms with Crippen LogP contribution in [0.2, 0.25) is 5.02 Å². The molecule has 28 heavy (non-hydrogen) atoms. The molecule has 0 aliphatic rings. The first-order valence-electron chi connectivity index (χ1n) is 7.39. The van der Waals surface area contributed by atoms with Gasteiger partial charge in [-0.3, -0.25) is 15.4 Å². The van der Waals surface area contributed by atoms with E-state index in [1.807, 2.05) is 0 Å². The molecule has 2 amide bonds. The van der Waals surface area contributed by atoms with E-state index in [0.29, 0.717) is 6.07 Å². The Balaban J connectivity index is 2.37. The van der Waals surface area contributed by atoms with Crippen molar-refractivity contribution < 1.29 is 27.6 Å². The summed E-state index contributed by atoms with van der Waals surface area (Å²) in [5.74, 6) is -0.0806. The van der Waals surface area contributed by atoms with Crippen LogP contribution in [0.1, 0.15) is 11.1 Å². The third kappa shape index (κ3) is 5.08. The van der Waals surface area contributed by atoms with Crippen molar-refractivity contribution in [1.82, 2.24) is 10.6 Å². The zero-order chi connectivity index (χ0) is 21.1. The summed E-state index contributed by atoms with van der Waals surface area (Å²) < 4.78 is 43.5. The van der Waals surface area contributed by atoms with Crippen molar-refractivity contribution in [2.24, 2.45) is 0 Å². The van der Waals surface area contributed by atoms with Gasteiger partial charge in [0.05, 0.1) is 21.1 Å². The Hall–Kier alpha value is -2.92. The molecule has 2 aromatic rings. The van der Waals surface area contributed by atoms with Gasteiger partial charge in [-0.1, -0.05) is 23.8 Å². The summed E-state index contributed by atoms with van der Waals surface area (Å²) in [6, 6.07) is 5.29. The first-order valence-corrected chi connectivity index (χ1v) is 8.17. The van der Waals surface area contributed by atoms with Crippen molar-refractivity contribution in [2.75, 3.05) is 7.05 Å². The molecule has 2 aromatic carbocycles. The van der Waals surface area contributed by atoms with Gasteiger partial charge in [-0.15, -0.1) is 0 Å². The molecule has 0 heterocycles. The van der Waals surface area contributed by atoms with Gasteiger partial charge < -0.3 is 10.1 Å². The lowest BCUT2D eigenvalue weighted by Gasteiger charge is -2.12. The predicted octanol–water partition coefficient (Wildman–Crippen LogP) is 4.66. The number of nitrogens with zero attached hydrogens (tertiary/aromatic N) is 1. The number of ether oxygens (including phenoxy) is 1. The summed E-state index contributed by atoms with van der Waals surface area (Å²) in [5, 5.41) is 15.4. The standard InChI is InChI=1S/C16H11ClF3N3O4S/c1-21-15(24)22-14(28)10-7-9(3-4-12(10)23(25)26)27-13-5-2-8(6-11(13)17)16(18,19)20/h2-7H,1H3,(H2,21,22,24,28). The highest BCUT2D eigenvalue weighted by Crippen LogP contribution is 2.37. The minimum Gasteiger partial charge on any atom is -0.456 e. The van der Waals surface area contributed by atoms with E-state index < -0.39 is 28.4 Å². The van der Waals surface area contributed by atoms with Crippen LogP contribution in [-0.4, -0.2) is 23.0 Å². The number of hydrogen-bond acceptors (Lipinski definition) is 5. The number of nitrogens with one attached hydrogen (secondary N) is 2. The highest BCUT2D eigenvalue weighted by molar-refractivity contribution is 7.80. The van der Waals surface area contributed by atoms with E-state index in [9.17, 15) is 28.1 Å². The largest absolute Gasteiger partial charge is 0.456 e. The summed E-state index contributed by atoms with van der Waals surface area (Å²) in [6.07, 6.45) is -4.57. The van der Waals surface area contributed by atoms with E-state index in [0.717, 1.165) is 18.2 Å². The molecule has 148 valence electrons. The van der Waals surface area contributed by atoms with Crippen LogP contribution in [0.15, 0.2) is 36.4 Å². The number of carbonyl (C=O) groups excluding carboxylic acids is 1. The highest BCUT2D eigenvalue weighted by atomic mass is 35.5. The third-order valence-electron chi connectivity index (χ3n) is 3.35. The fourth-order valence-electron chi connectivity index (χ4n) is 2.04. The smallest absolute Gasteiger partial charge is 0.416 e. The molecule has 0 atom stereocenters. The molecule has 0 saturated carbocycles. The molecule has 0 bridgehead atoms. The maximum absolute atomic E-state index is 12.7. The van der Waals surface area contributed by atoms with Crippen molar-refractivity contribution in [3.63, 3.8) is 0 Å². The van der Waals surface area contributed by atoms with Crippen LogP contribution < -0.4 is 15.4 Å². The monoisotopic (exact) mass is 433 g/mol. The lowest BCUT2D eigenvalue weighted by Crippen LogP contribution is -2.37. The van der Waals surface area contributed by atoms with Crippen LogP contribution in [0.25, 0.3) is 0 Å². The van der Waals surface area contributed by atoms with Crippen LogP contribution >= 0.6 is 23.8 Å². The average molecular weight is 434 g/mol. The van der Waals surface area contributed by atoms with Crippen molar-refractivity contribution in [1.29, 1.82) is 0 Å². The van der Waals surface area contributed by atoms with Crippen LogP contribution in [-0.2, 0) is 6.18 Å². The number of thiocarbonyl (C=S) groups is 1. The molecule has 7 nitrogen and oxygen atoms in total. The SMILES string of the molecule is CNC(=O)NC(=S)c1cc(Oc2ccc(C(F)(F)F)cc2Cl)ccc1[N+](=O)[O-]. The topological polar surface area (TPSA) is 93.5 Å². The fraction of sp³-hybridized carbons (Fsp3) is 0.125. The van der Waals surface area contributed by atoms with Crippen molar-refractivity contribution in [3.05, 3.63) is 62.7 Å².